The van der Waals surface area contributed by atoms with E-state index < -0.39 is 41.8 Å². The van der Waals surface area contributed by atoms with E-state index in [1.54, 1.807) is 0 Å². The first-order valence-corrected chi connectivity index (χ1v) is 3.33. The minimum absolute atomic E-state index is 2.03. The van der Waals surface area contributed by atoms with Crippen LogP contribution in [0.4, 0.5) is 30.6 Å². The van der Waals surface area contributed by atoms with Gasteiger partial charge in [0.05, 0.1) is 0 Å². The second kappa shape index (κ2) is 3.51. The van der Waals surface area contributed by atoms with Gasteiger partial charge in [0.15, 0.2) is 17.5 Å². The molecule has 0 atom stereocenters. The van der Waals surface area contributed by atoms with Gasteiger partial charge < -0.3 is 8.63 Å². The highest BCUT2D eigenvalue weighted by Gasteiger charge is 2.26. The molecule has 78 valence electrons. The lowest BCUT2D eigenvalue weighted by molar-refractivity contribution is 0.382. The molecule has 0 nitrogen and oxygen atoms in total. The molecule has 0 aliphatic heterocycles. The van der Waals surface area contributed by atoms with Crippen LogP contribution in [0.1, 0.15) is 0 Å². The Labute approximate surface area is 73.5 Å². The summed E-state index contributed by atoms with van der Waals surface area (Å²) in [5.74, 6) is -12.1. The van der Waals surface area contributed by atoms with Crippen LogP contribution in [-0.4, -0.2) is 7.27 Å². The van der Waals surface area contributed by atoms with E-state index in [0.29, 0.717) is 0 Å². The van der Waals surface area contributed by atoms with Crippen molar-refractivity contribution in [2.45, 2.75) is 0 Å². The van der Waals surface area contributed by atoms with Crippen LogP contribution in [0.5, 0.6) is 0 Å². The van der Waals surface area contributed by atoms with Crippen LogP contribution in [0.25, 0.3) is 0 Å². The van der Waals surface area contributed by atoms with Crippen molar-refractivity contribution in [3.05, 3.63) is 29.1 Å². The first kappa shape index (κ1) is 10.9. The molecule has 0 N–H and O–H groups in total. The summed E-state index contributed by atoms with van der Waals surface area (Å²) in [6, 6.07) is 0. The van der Waals surface area contributed by atoms with Gasteiger partial charge in [0.1, 0.15) is 11.6 Å². The third-order valence-corrected chi connectivity index (χ3v) is 1.57. The zero-order valence-corrected chi connectivity index (χ0v) is 6.35. The van der Waals surface area contributed by atoms with Gasteiger partial charge in [-0.05, 0) is 0 Å². The minimum Gasteiger partial charge on any atom is -0.476 e. The molecular weight excluding hydrogens is 216 g/mol. The predicted molar refractivity (Wildman–Crippen MR) is 35.2 cm³/mol. The lowest BCUT2D eigenvalue weighted by Gasteiger charge is -2.11. The maximum absolute atomic E-state index is 12.5. The van der Waals surface area contributed by atoms with Crippen LogP contribution in [0.3, 0.4) is 0 Å². The molecule has 0 spiro atoms. The fraction of sp³-hybridized carbons (Fsp3) is 0. The maximum atomic E-state index is 12.5. The largest absolute Gasteiger partial charge is 0.476 e. The number of hydrogen-bond acceptors (Lipinski definition) is 0. The van der Waals surface area contributed by atoms with Gasteiger partial charge in [0.25, 0.3) is 0 Å². The van der Waals surface area contributed by atoms with Crippen LogP contribution in [0.2, 0.25) is 0 Å². The van der Waals surface area contributed by atoms with Gasteiger partial charge in [-0.3, -0.25) is 0 Å². The van der Waals surface area contributed by atoms with E-state index in [4.69, 9.17) is 0 Å². The van der Waals surface area contributed by atoms with E-state index in [2.05, 4.69) is 0 Å². The molecular formula is C6HBF7-. The molecule has 1 aromatic carbocycles. The topological polar surface area (TPSA) is 0 Å². The highest BCUT2D eigenvalue weighted by Crippen LogP contribution is 2.17. The molecule has 8 heteroatoms. The van der Waals surface area contributed by atoms with Gasteiger partial charge in [-0.25, -0.2) is 22.0 Å². The number of benzene rings is 1. The summed E-state index contributed by atoms with van der Waals surface area (Å²) < 4.78 is 85.7. The van der Waals surface area contributed by atoms with Crippen LogP contribution >= 0.6 is 0 Å². The van der Waals surface area contributed by atoms with Crippen molar-refractivity contribution in [1.29, 1.82) is 0 Å². The summed E-state index contributed by atoms with van der Waals surface area (Å²) in [7, 11) is -4.55. The maximum Gasteiger partial charge on any atom is 0.324 e. The smallest absolute Gasteiger partial charge is 0.324 e. The lowest BCUT2D eigenvalue weighted by Crippen LogP contribution is -2.31. The summed E-state index contributed by atoms with van der Waals surface area (Å²) in [5, 5.41) is 0. The van der Waals surface area contributed by atoms with Gasteiger partial charge in [0, 0.05) is 0 Å². The quantitative estimate of drug-likeness (QED) is 0.291. The SMILES string of the molecule is F[BH-](F)c1c(F)c(F)c(F)c(F)c1F. The Morgan fingerprint density at radius 2 is 0.857 bits per heavy atom. The van der Waals surface area contributed by atoms with Crippen molar-refractivity contribution >= 4 is 12.7 Å². The third kappa shape index (κ3) is 1.44. The van der Waals surface area contributed by atoms with Gasteiger partial charge in [0.2, 0.25) is 0 Å². The first-order valence-electron chi connectivity index (χ1n) is 3.33. The first-order chi connectivity index (χ1) is 6.37. The molecule has 0 fully saturated rings. The Hall–Kier alpha value is -1.21. The standard InChI is InChI=1S/C6HBF7/c8-2-1(7(13)14)3(9)5(11)6(12)4(2)10/h7H/q-1. The molecule has 0 saturated carbocycles. The fourth-order valence-corrected chi connectivity index (χ4v) is 0.885. The Kier molecular flexibility index (Phi) is 2.72. The lowest BCUT2D eigenvalue weighted by atomic mass is 9.84. The molecule has 0 aliphatic rings. The molecule has 0 saturated heterocycles. The van der Waals surface area contributed by atoms with Crippen LogP contribution in [-0.2, 0) is 0 Å². The van der Waals surface area contributed by atoms with Gasteiger partial charge in [-0.15, -0.1) is 0 Å². The van der Waals surface area contributed by atoms with E-state index in [9.17, 15) is 30.6 Å². The zero-order valence-electron chi connectivity index (χ0n) is 6.35. The second-order valence-electron chi connectivity index (χ2n) is 2.42. The minimum atomic E-state index is -4.55. The third-order valence-electron chi connectivity index (χ3n) is 1.57. The fourth-order valence-electron chi connectivity index (χ4n) is 0.885. The van der Waals surface area contributed by atoms with Crippen molar-refractivity contribution in [3.63, 3.8) is 0 Å². The van der Waals surface area contributed by atoms with E-state index >= 15 is 0 Å². The van der Waals surface area contributed by atoms with Gasteiger partial charge in [-0.2, -0.15) is 0 Å². The van der Waals surface area contributed by atoms with E-state index in [-0.39, 0.29) is 0 Å². The van der Waals surface area contributed by atoms with Crippen LogP contribution < -0.4 is 5.46 Å². The Bertz CT molecular complexity index is 346. The van der Waals surface area contributed by atoms with E-state index in [0.717, 1.165) is 0 Å². The summed E-state index contributed by atoms with van der Waals surface area (Å²) in [6.07, 6.45) is 0. The molecule has 0 aliphatic carbocycles. The van der Waals surface area contributed by atoms with Gasteiger partial charge >= 0.3 is 7.27 Å². The summed E-state index contributed by atoms with van der Waals surface area (Å²) >= 11 is 0. The van der Waals surface area contributed by atoms with Crippen molar-refractivity contribution in [2.75, 3.05) is 0 Å². The molecule has 0 heterocycles. The molecule has 0 bridgehead atoms. The summed E-state index contributed by atoms with van der Waals surface area (Å²) in [4.78, 5) is 0. The van der Waals surface area contributed by atoms with Crippen molar-refractivity contribution in [3.8, 4) is 0 Å². The Morgan fingerprint density at radius 3 is 1.14 bits per heavy atom. The molecule has 1 aromatic rings. The average Bonchev–Trinajstić information content (AvgIpc) is 2.11. The molecule has 1 rings (SSSR count). The summed E-state index contributed by atoms with van der Waals surface area (Å²) in [5.41, 5.74) is -2.03. The van der Waals surface area contributed by atoms with Gasteiger partial charge in [-0.1, -0.05) is 5.46 Å². The van der Waals surface area contributed by atoms with E-state index in [1.165, 1.54) is 0 Å². The molecule has 0 aromatic heterocycles. The predicted octanol–water partition coefficient (Wildman–Crippen LogP) is 1.75. The Morgan fingerprint density at radius 1 is 0.571 bits per heavy atom. The number of hydrogen-bond donors (Lipinski definition) is 0. The number of halogens is 7. The molecule has 0 unspecified atom stereocenters. The normalized spacial score (nSPS) is 11.1. The highest BCUT2D eigenvalue weighted by molar-refractivity contribution is 6.60. The zero-order chi connectivity index (χ0) is 11.0. The number of rotatable bonds is 1. The second-order valence-corrected chi connectivity index (χ2v) is 2.42. The molecule has 14 heavy (non-hydrogen) atoms. The monoisotopic (exact) mass is 217 g/mol. The van der Waals surface area contributed by atoms with Crippen LogP contribution in [0, 0.1) is 29.1 Å². The van der Waals surface area contributed by atoms with Crippen molar-refractivity contribution in [2.24, 2.45) is 0 Å². The summed E-state index contributed by atoms with van der Waals surface area (Å²) in [6.45, 7) is 0. The molecule has 0 radical (unpaired) electrons. The highest BCUT2D eigenvalue weighted by atomic mass is 19.2. The van der Waals surface area contributed by atoms with Crippen molar-refractivity contribution < 1.29 is 30.6 Å². The van der Waals surface area contributed by atoms with Crippen LogP contribution in [0.15, 0.2) is 0 Å². The average molecular weight is 217 g/mol. The molecule has 0 amide bonds. The van der Waals surface area contributed by atoms with E-state index in [1.807, 2.05) is 0 Å². The van der Waals surface area contributed by atoms with Crippen molar-refractivity contribution in [1.82, 2.24) is 0 Å². The Balaban J connectivity index is 3.60.